The maximum Gasteiger partial charge on any atom is 0.341 e. The molecule has 8 aliphatic carbocycles. The number of carbonyl (C=O) groups excluding carboxylic acids is 2. The van der Waals surface area contributed by atoms with Gasteiger partial charge in [0.1, 0.15) is 45.7 Å². The Morgan fingerprint density at radius 1 is 0.597 bits per heavy atom. The van der Waals surface area contributed by atoms with E-state index in [1.165, 1.54) is 19.3 Å². The molecule has 2 spiro atoms. The molecule has 4 heterocycles. The number of rotatable bonds is 7. The first-order chi connectivity index (χ1) is 32.5. The first-order valence-electron chi connectivity index (χ1n) is 24.6. The molecule has 4 aromatic carbocycles. The Morgan fingerprint density at radius 2 is 1.19 bits per heavy atom. The van der Waals surface area contributed by atoms with Gasteiger partial charge in [-0.15, -0.1) is 0 Å². The third kappa shape index (κ3) is 5.97. The molecule has 2 saturated heterocycles. The second-order valence-electron chi connectivity index (χ2n) is 22.0. The van der Waals surface area contributed by atoms with Gasteiger partial charge < -0.3 is 47.4 Å². The molecule has 0 radical (unpaired) electrons. The van der Waals surface area contributed by atoms with Crippen LogP contribution in [0, 0.1) is 35.5 Å². The normalized spacial score (nSPS) is 39.5. The van der Waals surface area contributed by atoms with Crippen LogP contribution < -0.4 is 18.9 Å². The van der Waals surface area contributed by atoms with E-state index in [9.17, 15) is 9.59 Å². The van der Waals surface area contributed by atoms with Gasteiger partial charge in [-0.1, -0.05) is 24.3 Å². The van der Waals surface area contributed by atoms with Crippen LogP contribution in [0.4, 0.5) is 0 Å². The maximum absolute atomic E-state index is 14.8. The van der Waals surface area contributed by atoms with Crippen molar-refractivity contribution in [3.63, 3.8) is 0 Å². The van der Waals surface area contributed by atoms with E-state index in [2.05, 4.69) is 12.1 Å². The summed E-state index contributed by atoms with van der Waals surface area (Å²) in [6.07, 6.45) is 10.1. The van der Waals surface area contributed by atoms with Gasteiger partial charge in [-0.05, 0) is 179 Å². The smallest absolute Gasteiger partial charge is 0.341 e. The van der Waals surface area contributed by atoms with Gasteiger partial charge in [-0.3, -0.25) is 0 Å². The molecule has 348 valence electrons. The molecule has 12 nitrogen and oxygen atoms in total. The number of carbonyl (C=O) groups is 2. The fourth-order valence-electron chi connectivity index (χ4n) is 15.7. The van der Waals surface area contributed by atoms with Crippen molar-refractivity contribution in [2.75, 3.05) is 27.4 Å². The van der Waals surface area contributed by atoms with Crippen LogP contribution in [0.5, 0.6) is 34.5 Å². The number of ether oxygens (including phenoxy) is 10. The first kappa shape index (κ1) is 40.9. The van der Waals surface area contributed by atoms with E-state index < -0.39 is 40.5 Å². The lowest BCUT2D eigenvalue weighted by Gasteiger charge is -2.59. The van der Waals surface area contributed by atoms with Crippen molar-refractivity contribution in [1.29, 1.82) is 0 Å². The molecule has 8 bridgehead atoms. The predicted molar refractivity (Wildman–Crippen MR) is 239 cm³/mol. The van der Waals surface area contributed by atoms with Crippen LogP contribution in [0.3, 0.4) is 0 Å². The number of hydrogen-bond donors (Lipinski definition) is 0. The third-order valence-electron chi connectivity index (χ3n) is 17.7. The number of fused-ring (bicyclic) bond motifs is 8. The fraction of sp³-hybridized carbons (Fsp3) is 0.527. The van der Waals surface area contributed by atoms with E-state index in [0.29, 0.717) is 74.9 Å². The van der Waals surface area contributed by atoms with Crippen molar-refractivity contribution < 1.29 is 57.0 Å². The topological polar surface area (TPSA) is 126 Å². The summed E-state index contributed by atoms with van der Waals surface area (Å²) in [5, 5.41) is 0. The highest BCUT2D eigenvalue weighted by Crippen LogP contribution is 2.66. The van der Waals surface area contributed by atoms with Crippen molar-refractivity contribution in [1.82, 2.24) is 0 Å². The van der Waals surface area contributed by atoms with Crippen molar-refractivity contribution in [2.24, 2.45) is 35.5 Å². The molecule has 67 heavy (non-hydrogen) atoms. The van der Waals surface area contributed by atoms with E-state index in [1.807, 2.05) is 66.7 Å². The molecule has 0 N–H and O–H groups in total. The number of methoxy groups -OCH3 is 2. The highest BCUT2D eigenvalue weighted by atomic mass is 16.8. The first-order valence-corrected chi connectivity index (χ1v) is 24.6. The summed E-state index contributed by atoms with van der Waals surface area (Å²) in [4.78, 5) is 29.0. The maximum atomic E-state index is 14.8. The summed E-state index contributed by atoms with van der Waals surface area (Å²) in [6.45, 7) is 1.84. The SMILES string of the molecule is COc1ccc2c(c1)C1(OCC(C)(C(=O)OC34CC5CC(C3)C(c3cccc6c3Oc3ccc(OC)cc3C63OCC(C(=O)OC67CC8CC(CC(C8)C6)C7)O3)C(C5)C4)O1)c1ccccc1O2. The minimum atomic E-state index is -1.41. The minimum Gasteiger partial charge on any atom is -0.497 e. The van der Waals surface area contributed by atoms with Gasteiger partial charge in [0.2, 0.25) is 11.6 Å². The molecular formula is C55H56O12. The lowest BCUT2D eigenvalue weighted by atomic mass is 9.49. The molecule has 10 fully saturated rings. The average molecular weight is 909 g/mol. The Labute approximate surface area is 389 Å². The van der Waals surface area contributed by atoms with Crippen LogP contribution in [0.2, 0.25) is 0 Å². The summed E-state index contributed by atoms with van der Waals surface area (Å²) in [7, 11) is 3.25. The van der Waals surface area contributed by atoms with Gasteiger partial charge >= 0.3 is 11.9 Å². The highest BCUT2D eigenvalue weighted by molar-refractivity contribution is 5.81. The van der Waals surface area contributed by atoms with Gasteiger partial charge in [0.15, 0.2) is 11.7 Å². The van der Waals surface area contributed by atoms with Gasteiger partial charge in [0, 0.05) is 0 Å². The molecule has 4 aliphatic heterocycles. The molecule has 12 aliphatic rings. The zero-order chi connectivity index (χ0) is 45.1. The zero-order valence-corrected chi connectivity index (χ0v) is 38.2. The Bertz CT molecular complexity index is 2700. The van der Waals surface area contributed by atoms with E-state index in [0.717, 1.165) is 62.5 Å². The summed E-state index contributed by atoms with van der Waals surface area (Å²) in [5.74, 6) is 3.15. The number of para-hydroxylation sites is 2. The Hall–Kier alpha value is -5.14. The molecule has 6 atom stereocenters. The average Bonchev–Trinajstić information content (AvgIpc) is 3.92. The molecule has 0 amide bonds. The van der Waals surface area contributed by atoms with Crippen molar-refractivity contribution >= 4 is 11.9 Å². The van der Waals surface area contributed by atoms with Gasteiger partial charge in [0.05, 0.1) is 49.7 Å². The molecular weight excluding hydrogens is 853 g/mol. The standard InChI is InChI=1S/C55H56O12/c1-51(29-61-55(67-51)39-8-4-5-10-43(39)62-44-13-11-37(59-3)21-42(44)55)50(57)66-53-25-33-18-34(26-53)47(35(19-33)27-53)38-7-6-9-40-48(38)63-45-14-12-36(58-2)20-41(45)54(40)60-28-46(64-54)49(56)65-52-22-30-15-31(23-52)17-32(16-30)24-52/h4-14,20-21,30-35,46-47H,15-19,22-29H2,1-3H3. The molecule has 8 saturated carbocycles. The third-order valence-corrected chi connectivity index (χ3v) is 17.7. The second-order valence-corrected chi connectivity index (χ2v) is 22.0. The summed E-state index contributed by atoms with van der Waals surface area (Å²) in [5.41, 5.74) is 1.38. The van der Waals surface area contributed by atoms with E-state index in [-0.39, 0.29) is 36.9 Å². The lowest BCUT2D eigenvalue weighted by Crippen LogP contribution is -2.57. The summed E-state index contributed by atoms with van der Waals surface area (Å²) < 4.78 is 65.3. The van der Waals surface area contributed by atoms with E-state index >= 15 is 0 Å². The monoisotopic (exact) mass is 908 g/mol. The molecule has 16 rings (SSSR count). The molecule has 12 heteroatoms. The number of benzene rings is 4. The Morgan fingerprint density at radius 3 is 1.88 bits per heavy atom. The van der Waals surface area contributed by atoms with Crippen LogP contribution in [0.1, 0.15) is 111 Å². The van der Waals surface area contributed by atoms with Crippen LogP contribution in [0.15, 0.2) is 78.9 Å². The van der Waals surface area contributed by atoms with Crippen LogP contribution in [-0.2, 0) is 49.6 Å². The predicted octanol–water partition coefficient (Wildman–Crippen LogP) is 9.96. The number of hydrogen-bond acceptors (Lipinski definition) is 12. The summed E-state index contributed by atoms with van der Waals surface area (Å²) in [6, 6.07) is 25.1. The van der Waals surface area contributed by atoms with Crippen LogP contribution >= 0.6 is 0 Å². The van der Waals surface area contributed by atoms with Crippen molar-refractivity contribution in [3.05, 3.63) is 107 Å². The van der Waals surface area contributed by atoms with Gasteiger partial charge in [0.25, 0.3) is 0 Å². The van der Waals surface area contributed by atoms with Crippen LogP contribution in [0.25, 0.3) is 0 Å². The zero-order valence-electron chi connectivity index (χ0n) is 38.2. The Kier molecular flexibility index (Phi) is 8.67. The van der Waals surface area contributed by atoms with Crippen molar-refractivity contribution in [3.8, 4) is 34.5 Å². The van der Waals surface area contributed by atoms with Gasteiger partial charge in [-0.25, -0.2) is 9.59 Å². The highest BCUT2D eigenvalue weighted by Gasteiger charge is 2.64. The summed E-state index contributed by atoms with van der Waals surface area (Å²) >= 11 is 0. The molecule has 0 aromatic heterocycles. The minimum absolute atomic E-state index is 0.000608. The Balaban J connectivity index is 0.749. The second kappa shape index (κ2) is 14.2. The molecule has 6 unspecified atom stereocenters. The quantitative estimate of drug-likeness (QED) is 0.164. The van der Waals surface area contributed by atoms with E-state index in [4.69, 9.17) is 47.4 Å². The van der Waals surface area contributed by atoms with E-state index in [1.54, 1.807) is 21.1 Å². The molecule has 4 aromatic rings. The largest absolute Gasteiger partial charge is 0.497 e. The van der Waals surface area contributed by atoms with Gasteiger partial charge in [-0.2, -0.15) is 0 Å². The van der Waals surface area contributed by atoms with Crippen LogP contribution in [-0.4, -0.2) is 62.3 Å². The van der Waals surface area contributed by atoms with Crippen molar-refractivity contribution in [2.45, 2.75) is 118 Å². The fourth-order valence-corrected chi connectivity index (χ4v) is 15.7. The lowest BCUT2D eigenvalue weighted by molar-refractivity contribution is -0.218. The number of esters is 2.